The molecule has 2 heterocycles. The van der Waals surface area contributed by atoms with Gasteiger partial charge in [0.05, 0.1) is 49.9 Å². The normalized spacial score (nSPS) is 12.0. The van der Waals surface area contributed by atoms with Crippen molar-refractivity contribution in [2.24, 2.45) is 0 Å². The molecule has 0 aliphatic carbocycles. The molecule has 2 aromatic heterocycles. The molecule has 0 unspecified atom stereocenters. The number of aromatic nitrogens is 2. The largest absolute Gasteiger partial charge is 0.544 e. The number of carbonyl (C=O) groups is 2. The van der Waals surface area contributed by atoms with Crippen molar-refractivity contribution in [3.63, 3.8) is 0 Å². The molecule has 3 aromatic carbocycles. The Kier molecular flexibility index (Phi) is 19.7. The number of aromatic hydroxyl groups is 1. The SMILES string of the molecule is CC(C)(C)OC(=O)NCCOCCOCCC(=O)NCCCCCCCCOc1ccc(Cc2cc3c(Cc4ccccc4)nc(-c4ccc(O[Si](C)(C)C(C)(C)C)cc4)cn3c2O)cc1F. The number of unbranched alkanes of at least 4 members (excludes halogenated alkanes) is 5. The fourth-order valence-electron chi connectivity index (χ4n) is 7.05. The van der Waals surface area contributed by atoms with E-state index in [1.807, 2.05) is 60.8 Å². The molecule has 0 spiro atoms. The van der Waals surface area contributed by atoms with Crippen LogP contribution < -0.4 is 19.8 Å². The van der Waals surface area contributed by atoms with Crippen LogP contribution in [0.25, 0.3) is 16.8 Å². The fourth-order valence-corrected chi connectivity index (χ4v) is 8.09. The van der Waals surface area contributed by atoms with Crippen LogP contribution in [0, 0.1) is 5.82 Å². The predicted molar refractivity (Wildman–Crippen MR) is 265 cm³/mol. The second kappa shape index (κ2) is 25.1. The molecule has 14 heteroatoms. The third-order valence-electron chi connectivity index (χ3n) is 11.7. The van der Waals surface area contributed by atoms with Gasteiger partial charge in [0, 0.05) is 49.7 Å². The highest BCUT2D eigenvalue weighted by molar-refractivity contribution is 6.74. The summed E-state index contributed by atoms with van der Waals surface area (Å²) in [6, 6.07) is 25.1. The van der Waals surface area contributed by atoms with Gasteiger partial charge in [0.1, 0.15) is 11.4 Å². The van der Waals surface area contributed by atoms with Gasteiger partial charge in [-0.15, -0.1) is 0 Å². The van der Waals surface area contributed by atoms with Crippen molar-refractivity contribution in [3.8, 4) is 28.6 Å². The van der Waals surface area contributed by atoms with Crippen LogP contribution in [0.1, 0.15) is 109 Å². The molecule has 0 fully saturated rings. The molecular formula is C53H73FN4O8Si. The smallest absolute Gasteiger partial charge is 0.407 e. The predicted octanol–water partition coefficient (Wildman–Crippen LogP) is 11.2. The summed E-state index contributed by atoms with van der Waals surface area (Å²) in [5.74, 6) is 0.681. The van der Waals surface area contributed by atoms with Gasteiger partial charge in [-0.2, -0.15) is 0 Å². The van der Waals surface area contributed by atoms with Gasteiger partial charge in [-0.25, -0.2) is 14.2 Å². The fraction of sp³-hybridized carbons (Fsp3) is 0.491. The minimum atomic E-state index is -2.00. The third-order valence-corrected chi connectivity index (χ3v) is 16.1. The van der Waals surface area contributed by atoms with Crippen molar-refractivity contribution >= 4 is 25.8 Å². The molecule has 364 valence electrons. The first-order chi connectivity index (χ1) is 31.9. The lowest BCUT2D eigenvalue weighted by Gasteiger charge is -2.36. The van der Waals surface area contributed by atoms with Crippen LogP contribution >= 0.6 is 0 Å². The molecule has 67 heavy (non-hydrogen) atoms. The van der Waals surface area contributed by atoms with E-state index in [-0.39, 0.29) is 22.6 Å². The van der Waals surface area contributed by atoms with Gasteiger partial charge >= 0.3 is 6.09 Å². The van der Waals surface area contributed by atoms with Crippen molar-refractivity contribution in [2.45, 2.75) is 123 Å². The zero-order chi connectivity index (χ0) is 48.5. The number of halogens is 1. The Morgan fingerprint density at radius 2 is 1.43 bits per heavy atom. The van der Waals surface area contributed by atoms with Crippen LogP contribution in [0.4, 0.5) is 9.18 Å². The first-order valence-electron chi connectivity index (χ1n) is 23.7. The first-order valence-corrected chi connectivity index (χ1v) is 26.7. The van der Waals surface area contributed by atoms with E-state index in [0.717, 1.165) is 77.9 Å². The third kappa shape index (κ3) is 17.3. The molecule has 0 saturated carbocycles. The summed E-state index contributed by atoms with van der Waals surface area (Å²) in [6.07, 6.45) is 8.35. The molecule has 0 atom stereocenters. The van der Waals surface area contributed by atoms with Gasteiger partial charge in [0.2, 0.25) is 14.2 Å². The second-order valence-corrected chi connectivity index (χ2v) is 24.3. The van der Waals surface area contributed by atoms with E-state index >= 15 is 4.39 Å². The van der Waals surface area contributed by atoms with Crippen LogP contribution in [-0.2, 0) is 31.8 Å². The maximum absolute atomic E-state index is 15.3. The Morgan fingerprint density at radius 1 is 0.746 bits per heavy atom. The molecule has 2 amide bonds. The minimum absolute atomic E-state index is 0.0395. The number of alkyl carbamates (subject to hydrolysis) is 1. The minimum Gasteiger partial charge on any atom is -0.544 e. The Morgan fingerprint density at radius 3 is 2.12 bits per heavy atom. The number of ether oxygens (including phenoxy) is 4. The van der Waals surface area contributed by atoms with Crippen molar-refractivity contribution in [3.05, 3.63) is 113 Å². The Balaban J connectivity index is 1.01. The average molecular weight is 941 g/mol. The number of rotatable bonds is 26. The number of hydrogen-bond acceptors (Lipinski definition) is 9. The van der Waals surface area contributed by atoms with E-state index in [9.17, 15) is 14.7 Å². The number of hydrogen-bond donors (Lipinski definition) is 3. The Labute approximate surface area is 398 Å². The van der Waals surface area contributed by atoms with Crippen molar-refractivity contribution in [1.29, 1.82) is 0 Å². The highest BCUT2D eigenvalue weighted by Gasteiger charge is 2.39. The van der Waals surface area contributed by atoms with Crippen molar-refractivity contribution < 1.29 is 42.5 Å². The lowest BCUT2D eigenvalue weighted by Crippen LogP contribution is -2.43. The number of carbonyl (C=O) groups excluding carboxylic acids is 2. The van der Waals surface area contributed by atoms with Crippen LogP contribution in [0.2, 0.25) is 18.1 Å². The van der Waals surface area contributed by atoms with E-state index in [2.05, 4.69) is 56.6 Å². The zero-order valence-electron chi connectivity index (χ0n) is 41.0. The maximum Gasteiger partial charge on any atom is 0.407 e. The monoisotopic (exact) mass is 941 g/mol. The summed E-state index contributed by atoms with van der Waals surface area (Å²) in [4.78, 5) is 28.8. The molecule has 0 saturated heterocycles. The van der Waals surface area contributed by atoms with Crippen molar-refractivity contribution in [1.82, 2.24) is 20.0 Å². The number of nitrogens with zero attached hydrogens (tertiary/aromatic N) is 2. The van der Waals surface area contributed by atoms with E-state index < -0.39 is 25.8 Å². The van der Waals surface area contributed by atoms with Gasteiger partial charge in [0.15, 0.2) is 17.4 Å². The van der Waals surface area contributed by atoms with Gasteiger partial charge in [-0.3, -0.25) is 9.20 Å². The van der Waals surface area contributed by atoms with Gasteiger partial charge in [-0.05, 0) is 105 Å². The summed E-state index contributed by atoms with van der Waals surface area (Å²) in [5.41, 5.74) is 5.23. The molecule has 0 radical (unpaired) electrons. The Bertz CT molecular complexity index is 2320. The van der Waals surface area contributed by atoms with Crippen LogP contribution in [0.15, 0.2) is 85.1 Å². The molecule has 0 bridgehead atoms. The van der Waals surface area contributed by atoms with E-state index in [1.54, 1.807) is 31.2 Å². The topological polar surface area (TPSA) is 142 Å². The molecule has 5 aromatic rings. The lowest BCUT2D eigenvalue weighted by atomic mass is 10.1. The summed E-state index contributed by atoms with van der Waals surface area (Å²) >= 11 is 0. The highest BCUT2D eigenvalue weighted by atomic mass is 28.4. The van der Waals surface area contributed by atoms with Gasteiger partial charge in [0.25, 0.3) is 0 Å². The number of nitrogens with one attached hydrogen (secondary N) is 2. The van der Waals surface area contributed by atoms with Gasteiger partial charge in [-0.1, -0.05) is 82.9 Å². The first kappa shape index (κ1) is 52.5. The summed E-state index contributed by atoms with van der Waals surface area (Å²) in [5, 5.41) is 17.3. The van der Waals surface area contributed by atoms with Gasteiger partial charge < -0.3 is 39.1 Å². The molecule has 12 nitrogen and oxygen atoms in total. The Hall–Kier alpha value is -5.44. The molecular weight excluding hydrogens is 868 g/mol. The number of fused-ring (bicyclic) bond motifs is 1. The molecule has 0 aliphatic heterocycles. The average Bonchev–Trinajstić information content (AvgIpc) is 3.57. The van der Waals surface area contributed by atoms with Crippen LogP contribution in [-0.4, -0.2) is 86.5 Å². The van der Waals surface area contributed by atoms with Crippen LogP contribution in [0.3, 0.4) is 0 Å². The number of amides is 2. The second-order valence-electron chi connectivity index (χ2n) is 19.5. The summed E-state index contributed by atoms with van der Waals surface area (Å²) in [7, 11) is -2.00. The maximum atomic E-state index is 15.3. The quantitative estimate of drug-likeness (QED) is 0.0365. The van der Waals surface area contributed by atoms with E-state index in [0.29, 0.717) is 70.9 Å². The standard InChI is InChI=1S/C53H73FN4O8Si/c1-52(2,3)65-51(61)56-28-31-63-33-32-62-30-26-49(59)55-27-16-11-9-10-12-17-29-64-48-25-20-40(35-44(48)54)34-42-37-47-45(36-39-18-14-13-15-19-39)57-46(38-58(47)50(42)60)41-21-23-43(24-22-41)66-67(7,8)53(4,5)6/h13-15,18-25,35,37-38,60H,9-12,16-17,26-34,36H2,1-8H3,(H,55,59)(H,56,61). The van der Waals surface area contributed by atoms with Crippen molar-refractivity contribution in [2.75, 3.05) is 46.1 Å². The van der Waals surface area contributed by atoms with Crippen LogP contribution in [0.5, 0.6) is 17.4 Å². The van der Waals surface area contributed by atoms with E-state index in [4.69, 9.17) is 28.4 Å². The highest BCUT2D eigenvalue weighted by Crippen LogP contribution is 2.38. The zero-order valence-corrected chi connectivity index (χ0v) is 42.0. The lowest BCUT2D eigenvalue weighted by molar-refractivity contribution is -0.122. The molecule has 3 N–H and O–H groups in total. The molecule has 0 aliphatic rings. The number of benzene rings is 3. The molecule has 5 rings (SSSR count). The van der Waals surface area contributed by atoms with E-state index in [1.165, 1.54) is 6.07 Å². The summed E-state index contributed by atoms with van der Waals surface area (Å²) < 4.78 is 45.5. The summed E-state index contributed by atoms with van der Waals surface area (Å²) in [6.45, 7) is 19.4.